The molecule has 5 aliphatic carbocycles. The van der Waals surface area contributed by atoms with Gasteiger partial charge in [-0.3, -0.25) is 4.79 Å². The molecule has 6 rings (SSSR count). The van der Waals surface area contributed by atoms with Crippen LogP contribution in [0.3, 0.4) is 0 Å². The topological polar surface area (TPSA) is 75.6 Å². The minimum absolute atomic E-state index is 0.0580. The first-order chi connectivity index (χ1) is 15.5. The second-order valence-electron chi connectivity index (χ2n) is 11.1. The van der Waals surface area contributed by atoms with Crippen LogP contribution in [-0.4, -0.2) is 29.6 Å². The van der Waals surface area contributed by atoms with E-state index in [0.29, 0.717) is 18.4 Å². The number of nitrogens with one attached hydrogen (secondary N) is 1. The average molecular weight is 440 g/mol. The fourth-order valence-electron chi connectivity index (χ4n) is 7.65. The summed E-state index contributed by atoms with van der Waals surface area (Å²) < 4.78 is 6.38. The van der Waals surface area contributed by atoms with Crippen molar-refractivity contribution < 1.29 is 19.4 Å². The van der Waals surface area contributed by atoms with Gasteiger partial charge in [0.05, 0.1) is 5.56 Å². The number of amides is 1. The summed E-state index contributed by atoms with van der Waals surface area (Å²) in [6, 6.07) is 6.72. The number of hydrogen-bond acceptors (Lipinski definition) is 3. The van der Waals surface area contributed by atoms with Crippen molar-refractivity contribution in [3.8, 4) is 5.75 Å². The highest BCUT2D eigenvalue weighted by Crippen LogP contribution is 2.60. The van der Waals surface area contributed by atoms with Gasteiger partial charge in [0.1, 0.15) is 11.9 Å². The van der Waals surface area contributed by atoms with Crippen molar-refractivity contribution in [2.24, 2.45) is 29.1 Å². The van der Waals surface area contributed by atoms with Crippen LogP contribution in [0.5, 0.6) is 5.75 Å². The lowest BCUT2D eigenvalue weighted by Crippen LogP contribution is -2.53. The maximum absolute atomic E-state index is 13.3. The molecule has 5 nitrogen and oxygen atoms in total. The van der Waals surface area contributed by atoms with E-state index in [1.165, 1.54) is 51.4 Å². The summed E-state index contributed by atoms with van der Waals surface area (Å²) in [5.74, 6) is 2.92. The third kappa shape index (κ3) is 4.53. The lowest BCUT2D eigenvalue weighted by molar-refractivity contribution is -0.146. The Morgan fingerprint density at radius 1 is 0.969 bits per heavy atom. The van der Waals surface area contributed by atoms with E-state index in [4.69, 9.17) is 9.84 Å². The molecule has 0 aliphatic heterocycles. The number of carbonyl (C=O) groups is 2. The minimum Gasteiger partial charge on any atom is -0.490 e. The summed E-state index contributed by atoms with van der Waals surface area (Å²) in [6.45, 7) is 0.662. The Balaban J connectivity index is 1.20. The summed E-state index contributed by atoms with van der Waals surface area (Å²) in [5.41, 5.74) is 0.178. The van der Waals surface area contributed by atoms with Crippen LogP contribution in [0.2, 0.25) is 0 Å². The molecule has 2 N–H and O–H groups in total. The molecule has 0 heterocycles. The number of rotatable bonds is 8. The number of benzene rings is 1. The monoisotopic (exact) mass is 439 g/mol. The van der Waals surface area contributed by atoms with Gasteiger partial charge in [0.2, 0.25) is 5.91 Å². The highest BCUT2D eigenvalue weighted by atomic mass is 16.5. The Kier molecular flexibility index (Phi) is 6.18. The second kappa shape index (κ2) is 9.07. The molecule has 1 unspecified atom stereocenters. The standard InChI is InChI=1S/C27H37NO4/c29-25(30)22-6-8-23(9-7-22)32-24(21-4-2-1-3-5-21)10-11-28-26(31)27-15-18-12-19(16-27)14-20(13-18)17-27/h6-9,18-21,24H,1-5,10-17H2,(H,28,31)(H,29,30). The first kappa shape index (κ1) is 21.8. The van der Waals surface area contributed by atoms with Gasteiger partial charge in [-0.05, 0) is 99.3 Å². The van der Waals surface area contributed by atoms with Gasteiger partial charge in [0.15, 0.2) is 0 Å². The van der Waals surface area contributed by atoms with Gasteiger partial charge < -0.3 is 15.2 Å². The maximum Gasteiger partial charge on any atom is 0.335 e. The zero-order valence-corrected chi connectivity index (χ0v) is 19.1. The lowest BCUT2D eigenvalue weighted by atomic mass is 9.49. The predicted molar refractivity (Wildman–Crippen MR) is 123 cm³/mol. The van der Waals surface area contributed by atoms with Crippen molar-refractivity contribution in [3.63, 3.8) is 0 Å². The molecule has 174 valence electrons. The molecular formula is C27H37NO4. The molecule has 0 spiro atoms. The minimum atomic E-state index is -0.923. The Morgan fingerprint density at radius 2 is 1.56 bits per heavy atom. The zero-order chi connectivity index (χ0) is 22.1. The van der Waals surface area contributed by atoms with Crippen LogP contribution < -0.4 is 10.1 Å². The van der Waals surface area contributed by atoms with E-state index in [1.807, 2.05) is 0 Å². The Hall–Kier alpha value is -2.04. The van der Waals surface area contributed by atoms with Crippen LogP contribution in [-0.2, 0) is 4.79 Å². The molecule has 0 aromatic heterocycles. The Labute approximate surface area is 191 Å². The summed E-state index contributed by atoms with van der Waals surface area (Å²) >= 11 is 0. The fourth-order valence-corrected chi connectivity index (χ4v) is 7.65. The number of carbonyl (C=O) groups excluding carboxylic acids is 1. The number of ether oxygens (including phenoxy) is 1. The quantitative estimate of drug-likeness (QED) is 0.566. The number of carboxylic acid groups (broad SMARTS) is 1. The van der Waals surface area contributed by atoms with Crippen LogP contribution in [0.25, 0.3) is 0 Å². The van der Waals surface area contributed by atoms with E-state index in [2.05, 4.69) is 5.32 Å². The van der Waals surface area contributed by atoms with Gasteiger partial charge in [0.25, 0.3) is 0 Å². The number of carboxylic acids is 1. The summed E-state index contributed by atoms with van der Waals surface area (Å²) in [6.07, 6.45) is 14.3. The van der Waals surface area contributed by atoms with E-state index in [0.717, 1.165) is 49.2 Å². The zero-order valence-electron chi connectivity index (χ0n) is 19.1. The summed E-state index contributed by atoms with van der Waals surface area (Å²) in [5, 5.41) is 12.5. The molecule has 5 heteroatoms. The van der Waals surface area contributed by atoms with Crippen LogP contribution in [0.4, 0.5) is 0 Å². The molecule has 0 saturated heterocycles. The average Bonchev–Trinajstić information content (AvgIpc) is 2.78. The van der Waals surface area contributed by atoms with Crippen LogP contribution in [0, 0.1) is 29.1 Å². The molecule has 1 aromatic rings. The van der Waals surface area contributed by atoms with Crippen molar-refractivity contribution >= 4 is 11.9 Å². The Bertz CT molecular complexity index is 791. The van der Waals surface area contributed by atoms with Crippen molar-refractivity contribution in [2.75, 3.05) is 6.54 Å². The molecule has 1 aromatic carbocycles. The smallest absolute Gasteiger partial charge is 0.335 e. The molecule has 1 amide bonds. The van der Waals surface area contributed by atoms with Crippen molar-refractivity contribution in [1.29, 1.82) is 0 Å². The molecule has 1 atom stereocenters. The van der Waals surface area contributed by atoms with Gasteiger partial charge >= 0.3 is 5.97 Å². The van der Waals surface area contributed by atoms with E-state index in [-0.39, 0.29) is 17.1 Å². The summed E-state index contributed by atoms with van der Waals surface area (Å²) in [4.78, 5) is 24.4. The third-order valence-electron chi connectivity index (χ3n) is 8.80. The van der Waals surface area contributed by atoms with Crippen LogP contribution in [0.1, 0.15) is 87.4 Å². The molecule has 32 heavy (non-hydrogen) atoms. The fraction of sp³-hybridized carbons (Fsp3) is 0.704. The van der Waals surface area contributed by atoms with Gasteiger partial charge in [-0.1, -0.05) is 19.3 Å². The lowest BCUT2D eigenvalue weighted by Gasteiger charge is -2.55. The van der Waals surface area contributed by atoms with Gasteiger partial charge in [-0.25, -0.2) is 4.79 Å². The molecule has 4 bridgehead atoms. The van der Waals surface area contributed by atoms with Gasteiger partial charge in [0, 0.05) is 18.4 Å². The van der Waals surface area contributed by atoms with Crippen molar-refractivity contribution in [3.05, 3.63) is 29.8 Å². The molecule has 5 aliphatic rings. The number of aromatic carboxylic acids is 1. The molecule has 5 saturated carbocycles. The molecule has 0 radical (unpaired) electrons. The van der Waals surface area contributed by atoms with Gasteiger partial charge in [-0.15, -0.1) is 0 Å². The van der Waals surface area contributed by atoms with E-state index >= 15 is 0 Å². The van der Waals surface area contributed by atoms with Crippen molar-refractivity contribution in [2.45, 2.75) is 83.2 Å². The van der Waals surface area contributed by atoms with E-state index in [1.54, 1.807) is 24.3 Å². The SMILES string of the molecule is O=C(O)c1ccc(OC(CCNC(=O)C23CC4CC(CC(C4)C2)C3)C2CCCCC2)cc1. The van der Waals surface area contributed by atoms with Crippen LogP contribution in [0.15, 0.2) is 24.3 Å². The van der Waals surface area contributed by atoms with E-state index in [9.17, 15) is 9.59 Å². The first-order valence-electron chi connectivity index (χ1n) is 12.8. The Morgan fingerprint density at radius 3 is 2.12 bits per heavy atom. The van der Waals surface area contributed by atoms with Gasteiger partial charge in [-0.2, -0.15) is 0 Å². The predicted octanol–water partition coefficient (Wildman–Crippen LogP) is 5.44. The maximum atomic E-state index is 13.3. The second-order valence-corrected chi connectivity index (χ2v) is 11.1. The normalized spacial score (nSPS) is 32.4. The third-order valence-corrected chi connectivity index (χ3v) is 8.80. The summed E-state index contributed by atoms with van der Waals surface area (Å²) in [7, 11) is 0. The first-order valence-corrected chi connectivity index (χ1v) is 12.8. The highest BCUT2D eigenvalue weighted by molar-refractivity contribution is 5.87. The highest BCUT2D eigenvalue weighted by Gasteiger charge is 2.54. The largest absolute Gasteiger partial charge is 0.490 e. The number of hydrogen-bond donors (Lipinski definition) is 2. The molecular weight excluding hydrogens is 402 g/mol. The molecule has 5 fully saturated rings. The van der Waals surface area contributed by atoms with Crippen molar-refractivity contribution in [1.82, 2.24) is 5.32 Å². The van der Waals surface area contributed by atoms with Crippen LogP contribution >= 0.6 is 0 Å². The van der Waals surface area contributed by atoms with E-state index < -0.39 is 5.97 Å².